The van der Waals surface area contributed by atoms with Crippen molar-refractivity contribution >= 4 is 41.3 Å². The molecule has 0 aromatic heterocycles. The second-order valence-electron chi connectivity index (χ2n) is 5.90. The summed E-state index contributed by atoms with van der Waals surface area (Å²) in [7, 11) is 0. The van der Waals surface area contributed by atoms with E-state index in [-0.39, 0.29) is 19.5 Å². The molecule has 0 saturated carbocycles. The van der Waals surface area contributed by atoms with Gasteiger partial charge in [-0.25, -0.2) is 0 Å². The van der Waals surface area contributed by atoms with Crippen LogP contribution in [0.25, 0.3) is 0 Å². The average molecular weight is 373 g/mol. The number of hydrogen-bond donors (Lipinski definition) is 4. The summed E-state index contributed by atoms with van der Waals surface area (Å²) in [6, 6.07) is 0. The van der Waals surface area contributed by atoms with Crippen LogP contribution in [0.1, 0.15) is 20.3 Å². The van der Waals surface area contributed by atoms with Gasteiger partial charge in [0.25, 0.3) is 0 Å². The summed E-state index contributed by atoms with van der Waals surface area (Å²) in [4.78, 5) is 59.6. The van der Waals surface area contributed by atoms with Gasteiger partial charge in [0.05, 0.1) is 24.3 Å². The number of likely N-dealkylation sites (tertiary alicyclic amines) is 1. The number of thioether (sulfide) groups is 1. The summed E-state index contributed by atoms with van der Waals surface area (Å²) in [5, 5.41) is 4.06. The maximum atomic E-state index is 12.3. The van der Waals surface area contributed by atoms with E-state index in [4.69, 9.17) is 11.5 Å². The highest BCUT2D eigenvalue weighted by Gasteiger charge is 2.50. The summed E-state index contributed by atoms with van der Waals surface area (Å²) in [5.74, 6) is -3.74. The van der Waals surface area contributed by atoms with Gasteiger partial charge in [-0.3, -0.25) is 28.9 Å². The molecule has 0 aromatic carbocycles. The first-order valence-corrected chi connectivity index (χ1v) is 8.82. The minimum atomic E-state index is -1.54. The van der Waals surface area contributed by atoms with Crippen molar-refractivity contribution in [2.24, 2.45) is 17.4 Å². The molecule has 0 aromatic rings. The first-order chi connectivity index (χ1) is 11.5. The number of primary amides is 1. The Morgan fingerprint density at radius 1 is 1.32 bits per heavy atom. The van der Waals surface area contributed by atoms with Crippen molar-refractivity contribution in [3.63, 3.8) is 0 Å². The topological polar surface area (TPSA) is 165 Å². The van der Waals surface area contributed by atoms with Gasteiger partial charge in [0, 0.05) is 6.42 Å². The number of carbonyl (C=O) groups excluding carboxylic acids is 5. The molecule has 3 atom stereocenters. The molecule has 5 amide bonds. The Labute approximate surface area is 149 Å². The van der Waals surface area contributed by atoms with Crippen molar-refractivity contribution < 1.29 is 24.0 Å². The van der Waals surface area contributed by atoms with E-state index >= 15 is 0 Å². The number of rotatable bonds is 8. The van der Waals surface area contributed by atoms with Gasteiger partial charge in [-0.1, -0.05) is 6.92 Å². The zero-order chi connectivity index (χ0) is 19.4. The molecule has 1 heterocycles. The molecule has 0 bridgehead atoms. The molecule has 1 saturated heterocycles. The lowest BCUT2D eigenvalue weighted by Gasteiger charge is -2.38. The molecule has 6 N–H and O–H groups in total. The van der Waals surface area contributed by atoms with Crippen molar-refractivity contribution in [2.75, 3.05) is 19.3 Å². The van der Waals surface area contributed by atoms with E-state index < -0.39 is 46.4 Å². The Morgan fingerprint density at radius 2 is 1.92 bits per heavy atom. The van der Waals surface area contributed by atoms with Gasteiger partial charge < -0.3 is 22.1 Å². The number of imide groups is 1. The van der Waals surface area contributed by atoms with Gasteiger partial charge in [0.1, 0.15) is 5.66 Å². The second-order valence-corrected chi connectivity index (χ2v) is 6.94. The molecule has 3 unspecified atom stereocenters. The summed E-state index contributed by atoms with van der Waals surface area (Å²) < 4.78 is 0. The van der Waals surface area contributed by atoms with Gasteiger partial charge in [0.2, 0.25) is 29.5 Å². The maximum Gasteiger partial charge on any atom is 0.244 e. The highest BCUT2D eigenvalue weighted by Crippen LogP contribution is 2.30. The zero-order valence-electron chi connectivity index (χ0n) is 14.3. The van der Waals surface area contributed by atoms with E-state index in [0.717, 1.165) is 4.90 Å². The van der Waals surface area contributed by atoms with Crippen LogP contribution >= 0.6 is 11.8 Å². The summed E-state index contributed by atoms with van der Waals surface area (Å²) >= 11 is 1.25. The highest BCUT2D eigenvalue weighted by atomic mass is 32.2. The maximum absolute atomic E-state index is 12.3. The first kappa shape index (κ1) is 20.9. The minimum absolute atomic E-state index is 0.0383. The summed E-state index contributed by atoms with van der Waals surface area (Å²) in [6.07, 6.45) is 1.75. The van der Waals surface area contributed by atoms with Crippen LogP contribution in [0.4, 0.5) is 0 Å². The molecule has 11 heteroatoms. The fourth-order valence-corrected chi connectivity index (χ4v) is 2.94. The average Bonchev–Trinajstić information content (AvgIpc) is 2.83. The van der Waals surface area contributed by atoms with Crippen LogP contribution in [0.3, 0.4) is 0 Å². The van der Waals surface area contributed by atoms with Crippen molar-refractivity contribution in [2.45, 2.75) is 31.2 Å². The molecule has 1 aliphatic rings. The number of nitrogens with two attached hydrogens (primary N) is 2. The van der Waals surface area contributed by atoms with E-state index in [0.29, 0.717) is 0 Å². The molecule has 0 aliphatic carbocycles. The Balaban J connectivity index is 2.70. The van der Waals surface area contributed by atoms with Crippen molar-refractivity contribution in [1.82, 2.24) is 15.5 Å². The van der Waals surface area contributed by atoms with Crippen LogP contribution in [0.2, 0.25) is 0 Å². The fraction of sp³-hybridized carbons (Fsp3) is 0.643. The molecular weight excluding hydrogens is 350 g/mol. The molecule has 1 rings (SSSR count). The highest BCUT2D eigenvalue weighted by molar-refractivity contribution is 8.00. The fourth-order valence-electron chi connectivity index (χ4n) is 2.32. The molecule has 10 nitrogen and oxygen atoms in total. The van der Waals surface area contributed by atoms with Crippen molar-refractivity contribution in [3.05, 3.63) is 0 Å². The molecule has 0 radical (unpaired) electrons. The van der Waals surface area contributed by atoms with Gasteiger partial charge in [-0.05, 0) is 13.2 Å². The third-order valence-electron chi connectivity index (χ3n) is 4.02. The van der Waals surface area contributed by atoms with Crippen LogP contribution in [0, 0.1) is 5.92 Å². The third-order valence-corrected chi connectivity index (χ3v) is 4.96. The Kier molecular flexibility index (Phi) is 6.94. The minimum Gasteiger partial charge on any atom is -0.368 e. The molecule has 1 fully saturated rings. The lowest BCUT2D eigenvalue weighted by molar-refractivity contribution is -0.149. The quantitative estimate of drug-likeness (QED) is 0.342. The Hall–Kier alpha value is -2.14. The van der Waals surface area contributed by atoms with E-state index in [1.54, 1.807) is 6.26 Å². The molecule has 1 aliphatic heterocycles. The molecule has 140 valence electrons. The number of amides is 5. The first-order valence-electron chi connectivity index (χ1n) is 7.53. The van der Waals surface area contributed by atoms with Gasteiger partial charge in [-0.15, -0.1) is 0 Å². The summed E-state index contributed by atoms with van der Waals surface area (Å²) in [6.45, 7) is 2.15. The number of hydrogen-bond acceptors (Lipinski definition) is 7. The third kappa shape index (κ3) is 4.92. The zero-order valence-corrected chi connectivity index (χ0v) is 15.1. The molecule has 25 heavy (non-hydrogen) atoms. The number of nitrogens with zero attached hydrogens (tertiary/aromatic N) is 1. The molecule has 0 spiro atoms. The predicted octanol–water partition coefficient (Wildman–Crippen LogP) is -2.49. The number of nitrogens with one attached hydrogen (secondary N) is 2. The van der Waals surface area contributed by atoms with Gasteiger partial charge >= 0.3 is 0 Å². The van der Waals surface area contributed by atoms with E-state index in [9.17, 15) is 24.0 Å². The van der Waals surface area contributed by atoms with Gasteiger partial charge in [-0.2, -0.15) is 11.8 Å². The lowest BCUT2D eigenvalue weighted by atomic mass is 9.94. The largest absolute Gasteiger partial charge is 0.368 e. The van der Waals surface area contributed by atoms with E-state index in [1.165, 1.54) is 25.6 Å². The van der Waals surface area contributed by atoms with E-state index in [1.807, 2.05) is 0 Å². The Morgan fingerprint density at radius 3 is 2.40 bits per heavy atom. The normalized spacial score (nSPS) is 20.8. The smallest absolute Gasteiger partial charge is 0.244 e. The standard InChI is InChI=1S/C14H23N5O5S/c1-7(12(23)18-6-10(21)17-5-9(15)20)14(2,16)19-11(22)4-8(25-3)13(19)24/h7-8H,4-6,16H2,1-3H3,(H2,15,20)(H,17,21)(H,18,23). The predicted molar refractivity (Wildman–Crippen MR) is 90.7 cm³/mol. The monoisotopic (exact) mass is 373 g/mol. The summed E-state index contributed by atoms with van der Waals surface area (Å²) in [5.41, 5.74) is 9.48. The van der Waals surface area contributed by atoms with Crippen molar-refractivity contribution in [1.29, 1.82) is 0 Å². The van der Waals surface area contributed by atoms with Crippen LogP contribution in [-0.2, 0) is 24.0 Å². The number of carbonyl (C=O) groups is 5. The Bertz CT molecular complexity index is 594. The van der Waals surface area contributed by atoms with Crippen LogP contribution in [-0.4, -0.2) is 64.7 Å². The van der Waals surface area contributed by atoms with Gasteiger partial charge in [0.15, 0.2) is 0 Å². The van der Waals surface area contributed by atoms with Crippen molar-refractivity contribution in [3.8, 4) is 0 Å². The van der Waals surface area contributed by atoms with Crippen LogP contribution in [0.5, 0.6) is 0 Å². The molecular formula is C14H23N5O5S. The van der Waals surface area contributed by atoms with E-state index in [2.05, 4.69) is 10.6 Å². The lowest BCUT2D eigenvalue weighted by Crippen LogP contribution is -2.63. The van der Waals surface area contributed by atoms with Crippen LogP contribution < -0.4 is 22.1 Å². The SMILES string of the molecule is CSC1CC(=O)N(C(C)(N)C(C)C(=O)NCC(=O)NCC(N)=O)C1=O. The van der Waals surface area contributed by atoms with Crippen LogP contribution in [0.15, 0.2) is 0 Å². The second kappa shape index (κ2) is 8.30.